The Hall–Kier alpha value is -3.15. The molecule has 6 nitrogen and oxygen atoms in total. The van der Waals surface area contributed by atoms with Gasteiger partial charge in [-0.2, -0.15) is 5.10 Å². The third-order valence-corrected chi connectivity index (χ3v) is 4.84. The van der Waals surface area contributed by atoms with Crippen molar-refractivity contribution in [2.75, 3.05) is 5.32 Å². The molecule has 27 heavy (non-hydrogen) atoms. The van der Waals surface area contributed by atoms with Crippen LogP contribution in [0.15, 0.2) is 47.6 Å². The minimum Gasteiger partial charge on any atom is -0.370 e. The second kappa shape index (κ2) is 7.23. The number of pyridine rings is 1. The number of guanidine groups is 1. The van der Waals surface area contributed by atoms with Crippen molar-refractivity contribution in [2.45, 2.75) is 39.7 Å². The molecule has 4 rings (SSSR count). The smallest absolute Gasteiger partial charge is 0.193 e. The summed E-state index contributed by atoms with van der Waals surface area (Å²) in [6.07, 6.45) is 5.38. The first-order valence-corrected chi connectivity index (χ1v) is 9.26. The van der Waals surface area contributed by atoms with Gasteiger partial charge in [-0.05, 0) is 74.1 Å². The van der Waals surface area contributed by atoms with E-state index in [2.05, 4.69) is 38.6 Å². The van der Waals surface area contributed by atoms with E-state index in [1.54, 1.807) is 0 Å². The molecule has 3 N–H and O–H groups in total. The van der Waals surface area contributed by atoms with Gasteiger partial charge in [0.15, 0.2) is 11.8 Å². The van der Waals surface area contributed by atoms with Crippen LogP contribution in [0.3, 0.4) is 0 Å². The summed E-state index contributed by atoms with van der Waals surface area (Å²) in [7, 11) is 0. The van der Waals surface area contributed by atoms with Gasteiger partial charge in [0.05, 0.1) is 12.2 Å². The van der Waals surface area contributed by atoms with E-state index in [0.717, 1.165) is 34.9 Å². The molecule has 1 aliphatic carbocycles. The summed E-state index contributed by atoms with van der Waals surface area (Å²) in [5, 5.41) is 7.64. The lowest BCUT2D eigenvalue weighted by Gasteiger charge is -2.08. The fraction of sp³-hybridized carbons (Fsp3) is 0.286. The van der Waals surface area contributed by atoms with Crippen molar-refractivity contribution in [3.8, 4) is 5.82 Å². The Labute approximate surface area is 159 Å². The van der Waals surface area contributed by atoms with E-state index >= 15 is 0 Å². The summed E-state index contributed by atoms with van der Waals surface area (Å²) in [4.78, 5) is 8.92. The van der Waals surface area contributed by atoms with Crippen LogP contribution in [0.2, 0.25) is 0 Å². The SMILES string of the molecule is Cc1cc(C)n(-c2ccc(CN=C(N)Nc3ccc4c(c3)CCC4)cn2)n1. The Balaban J connectivity index is 1.40. The van der Waals surface area contributed by atoms with Gasteiger partial charge in [0.2, 0.25) is 0 Å². The van der Waals surface area contributed by atoms with Crippen LogP contribution in [-0.2, 0) is 19.4 Å². The largest absolute Gasteiger partial charge is 0.370 e. The molecule has 1 aromatic carbocycles. The van der Waals surface area contributed by atoms with Crippen LogP contribution in [0.1, 0.15) is 34.5 Å². The van der Waals surface area contributed by atoms with E-state index in [-0.39, 0.29) is 0 Å². The third-order valence-electron chi connectivity index (χ3n) is 4.84. The highest BCUT2D eigenvalue weighted by atomic mass is 15.3. The summed E-state index contributed by atoms with van der Waals surface area (Å²) in [5.74, 6) is 1.22. The van der Waals surface area contributed by atoms with Crippen LogP contribution in [0.5, 0.6) is 0 Å². The molecule has 0 atom stereocenters. The third kappa shape index (κ3) is 3.84. The number of benzene rings is 1. The predicted octanol–water partition coefficient (Wildman–Crippen LogP) is 3.30. The summed E-state index contributed by atoms with van der Waals surface area (Å²) < 4.78 is 1.84. The highest BCUT2D eigenvalue weighted by molar-refractivity contribution is 5.92. The van der Waals surface area contributed by atoms with Crippen LogP contribution in [0, 0.1) is 13.8 Å². The average molecular weight is 360 g/mol. The molecule has 0 bridgehead atoms. The molecule has 3 aromatic rings. The lowest BCUT2D eigenvalue weighted by molar-refractivity contribution is 0.803. The number of aryl methyl sites for hydroxylation is 4. The number of anilines is 1. The number of nitrogens with two attached hydrogens (primary N) is 1. The normalized spacial score (nSPS) is 13.6. The van der Waals surface area contributed by atoms with Crippen molar-refractivity contribution >= 4 is 11.6 Å². The number of hydrogen-bond acceptors (Lipinski definition) is 3. The highest BCUT2D eigenvalue weighted by Gasteiger charge is 2.11. The van der Waals surface area contributed by atoms with Crippen LogP contribution in [-0.4, -0.2) is 20.7 Å². The maximum Gasteiger partial charge on any atom is 0.193 e. The molecule has 0 aliphatic heterocycles. The van der Waals surface area contributed by atoms with E-state index in [1.165, 1.54) is 24.0 Å². The fourth-order valence-electron chi connectivity index (χ4n) is 3.51. The Morgan fingerprint density at radius 2 is 2.00 bits per heavy atom. The van der Waals surface area contributed by atoms with Crippen LogP contribution in [0.4, 0.5) is 5.69 Å². The molecule has 0 unspecified atom stereocenters. The Morgan fingerprint density at radius 3 is 2.74 bits per heavy atom. The van der Waals surface area contributed by atoms with Gasteiger partial charge in [-0.25, -0.2) is 14.7 Å². The minimum atomic E-state index is 0.413. The number of fused-ring (bicyclic) bond motifs is 1. The number of nitrogens with one attached hydrogen (secondary N) is 1. The van der Waals surface area contributed by atoms with E-state index < -0.39 is 0 Å². The Morgan fingerprint density at radius 1 is 1.15 bits per heavy atom. The fourth-order valence-corrected chi connectivity index (χ4v) is 3.51. The van der Waals surface area contributed by atoms with Crippen LogP contribution in [0.25, 0.3) is 5.82 Å². The number of hydrogen-bond donors (Lipinski definition) is 2. The quantitative estimate of drug-likeness (QED) is 0.552. The van der Waals surface area contributed by atoms with E-state index in [1.807, 2.05) is 42.9 Å². The second-order valence-corrected chi connectivity index (χ2v) is 7.03. The van der Waals surface area contributed by atoms with E-state index in [0.29, 0.717) is 12.5 Å². The molecule has 1 aliphatic rings. The Bertz CT molecular complexity index is 984. The molecule has 2 heterocycles. The van der Waals surface area contributed by atoms with Crippen molar-refractivity contribution in [2.24, 2.45) is 10.7 Å². The first-order valence-electron chi connectivity index (χ1n) is 9.26. The molecule has 0 saturated carbocycles. The zero-order valence-corrected chi connectivity index (χ0v) is 15.7. The monoisotopic (exact) mass is 360 g/mol. The second-order valence-electron chi connectivity index (χ2n) is 7.03. The lowest BCUT2D eigenvalue weighted by atomic mass is 10.1. The standard InChI is InChI=1S/C21H24N6/c1-14-10-15(2)27(26-14)20-9-6-16(12-23-20)13-24-21(22)25-19-8-7-17-4-3-5-18(17)11-19/h6-12H,3-5,13H2,1-2H3,(H3,22,24,25). The zero-order valence-electron chi connectivity index (χ0n) is 15.7. The van der Waals surface area contributed by atoms with Crippen molar-refractivity contribution in [1.29, 1.82) is 0 Å². The molecule has 6 heteroatoms. The van der Waals surface area contributed by atoms with Crippen molar-refractivity contribution in [1.82, 2.24) is 14.8 Å². The van der Waals surface area contributed by atoms with Crippen LogP contribution < -0.4 is 11.1 Å². The molecule has 2 aromatic heterocycles. The predicted molar refractivity (Wildman–Crippen MR) is 108 cm³/mol. The number of rotatable bonds is 4. The topological polar surface area (TPSA) is 81.1 Å². The number of nitrogens with zero attached hydrogens (tertiary/aromatic N) is 4. The van der Waals surface area contributed by atoms with Gasteiger partial charge in [-0.15, -0.1) is 0 Å². The summed E-state index contributed by atoms with van der Waals surface area (Å²) in [6, 6.07) is 12.4. The Kier molecular flexibility index (Phi) is 4.62. The maximum absolute atomic E-state index is 6.05. The molecule has 0 fully saturated rings. The molecule has 0 spiro atoms. The van der Waals surface area contributed by atoms with Crippen molar-refractivity contribution in [3.05, 3.63) is 70.7 Å². The van der Waals surface area contributed by atoms with Gasteiger partial charge < -0.3 is 11.1 Å². The minimum absolute atomic E-state index is 0.413. The molecule has 0 radical (unpaired) electrons. The first kappa shape index (κ1) is 17.3. The maximum atomic E-state index is 6.05. The first-order chi connectivity index (χ1) is 13.1. The molecule has 138 valence electrons. The molecular formula is C21H24N6. The average Bonchev–Trinajstić information content (AvgIpc) is 3.25. The van der Waals surface area contributed by atoms with E-state index in [9.17, 15) is 0 Å². The lowest BCUT2D eigenvalue weighted by Crippen LogP contribution is -2.22. The molecule has 0 saturated heterocycles. The van der Waals surface area contributed by atoms with Crippen molar-refractivity contribution < 1.29 is 0 Å². The molecular weight excluding hydrogens is 336 g/mol. The van der Waals surface area contributed by atoms with Gasteiger partial charge in [-0.3, -0.25) is 0 Å². The van der Waals surface area contributed by atoms with Gasteiger partial charge in [0.1, 0.15) is 0 Å². The van der Waals surface area contributed by atoms with Gasteiger partial charge >= 0.3 is 0 Å². The summed E-state index contributed by atoms with van der Waals surface area (Å²) in [5.41, 5.74) is 12.9. The van der Waals surface area contributed by atoms with Crippen molar-refractivity contribution in [3.63, 3.8) is 0 Å². The highest BCUT2D eigenvalue weighted by Crippen LogP contribution is 2.24. The molecule has 0 amide bonds. The van der Waals surface area contributed by atoms with Gasteiger partial charge in [0.25, 0.3) is 0 Å². The van der Waals surface area contributed by atoms with Gasteiger partial charge in [-0.1, -0.05) is 12.1 Å². The number of aromatic nitrogens is 3. The summed E-state index contributed by atoms with van der Waals surface area (Å²) in [6.45, 7) is 4.47. The van der Waals surface area contributed by atoms with Gasteiger partial charge in [0, 0.05) is 17.6 Å². The van der Waals surface area contributed by atoms with Crippen LogP contribution >= 0.6 is 0 Å². The number of aliphatic imine (C=N–C) groups is 1. The summed E-state index contributed by atoms with van der Waals surface area (Å²) >= 11 is 0. The van der Waals surface area contributed by atoms with E-state index in [4.69, 9.17) is 5.73 Å². The zero-order chi connectivity index (χ0) is 18.8.